The maximum Gasteiger partial charge on any atom is 0.251 e. The molecular formula is C43H40O7S. The molecule has 5 aromatic carbocycles. The number of benzene rings is 5. The van der Waals surface area contributed by atoms with Crippen molar-refractivity contribution in [1.29, 1.82) is 0 Å². The molecule has 8 heteroatoms. The molecule has 2 aliphatic heterocycles. The van der Waals surface area contributed by atoms with Crippen molar-refractivity contribution in [1.82, 2.24) is 0 Å². The number of allylic oxidation sites excluding steroid dienone is 1. The Kier molecular flexibility index (Phi) is 11.4. The van der Waals surface area contributed by atoms with E-state index in [-0.39, 0.29) is 18.1 Å². The van der Waals surface area contributed by atoms with E-state index in [4.69, 9.17) is 28.4 Å². The van der Waals surface area contributed by atoms with Crippen LogP contribution in [0.25, 0.3) is 5.76 Å². The fourth-order valence-electron chi connectivity index (χ4n) is 6.32. The standard InChI is InChI=1S/C43H40O7S/c1-45-42-39(47-28-32-19-9-3-10-20-32)38(46-27-31-17-7-2-8-18-31)41(48-29-33-21-11-4-12-22-33)43(50-42)30-51-40(36(44)34-23-13-5-14-24-34)37(49-43)35-25-15-6-16-26-35/h2-26,38-39,41-42H,27-30H2,1H3/t38-,39-,41-,42+,43-/m1/s1. The van der Waals surface area contributed by atoms with Gasteiger partial charge in [0.2, 0.25) is 5.78 Å². The Labute approximate surface area is 303 Å². The second kappa shape index (κ2) is 16.7. The van der Waals surface area contributed by atoms with Gasteiger partial charge >= 0.3 is 0 Å². The predicted molar refractivity (Wildman–Crippen MR) is 197 cm³/mol. The minimum absolute atomic E-state index is 0.129. The highest BCUT2D eigenvalue weighted by molar-refractivity contribution is 8.04. The monoisotopic (exact) mass is 700 g/mol. The maximum absolute atomic E-state index is 14.1. The molecule has 0 amide bonds. The predicted octanol–water partition coefficient (Wildman–Crippen LogP) is 8.46. The molecule has 0 unspecified atom stereocenters. The topological polar surface area (TPSA) is 72.5 Å². The highest BCUT2D eigenvalue weighted by Gasteiger charge is 2.61. The molecule has 2 aliphatic rings. The molecule has 51 heavy (non-hydrogen) atoms. The summed E-state index contributed by atoms with van der Waals surface area (Å²) in [6.45, 7) is 0.860. The molecule has 5 aromatic rings. The molecule has 7 rings (SSSR count). The van der Waals surface area contributed by atoms with E-state index in [1.165, 1.54) is 11.8 Å². The molecule has 7 nitrogen and oxygen atoms in total. The third-order valence-corrected chi connectivity index (χ3v) is 10.1. The molecule has 5 atom stereocenters. The van der Waals surface area contributed by atoms with E-state index in [1.54, 1.807) is 7.11 Å². The highest BCUT2D eigenvalue weighted by Crippen LogP contribution is 2.48. The quantitative estimate of drug-likeness (QED) is 0.113. The van der Waals surface area contributed by atoms with Crippen LogP contribution < -0.4 is 0 Å². The van der Waals surface area contributed by atoms with Crippen molar-refractivity contribution in [3.63, 3.8) is 0 Å². The van der Waals surface area contributed by atoms with Gasteiger partial charge < -0.3 is 28.4 Å². The first-order valence-corrected chi connectivity index (χ1v) is 18.0. The van der Waals surface area contributed by atoms with E-state index < -0.39 is 30.4 Å². The summed E-state index contributed by atoms with van der Waals surface area (Å²) in [5, 5.41) is 0. The van der Waals surface area contributed by atoms with Gasteiger partial charge in [0.25, 0.3) is 5.79 Å². The number of carbonyl (C=O) groups is 1. The first kappa shape index (κ1) is 34.9. The molecular weight excluding hydrogens is 661 g/mol. The van der Waals surface area contributed by atoms with Crippen LogP contribution in [-0.4, -0.2) is 49.0 Å². The van der Waals surface area contributed by atoms with Crippen LogP contribution in [0.5, 0.6) is 0 Å². The Morgan fingerprint density at radius 3 is 1.65 bits per heavy atom. The lowest BCUT2D eigenvalue weighted by molar-refractivity contribution is -0.393. The first-order chi connectivity index (χ1) is 25.1. The molecule has 0 aliphatic carbocycles. The summed E-state index contributed by atoms with van der Waals surface area (Å²) in [6, 6.07) is 48.8. The van der Waals surface area contributed by atoms with E-state index in [2.05, 4.69) is 0 Å². The van der Waals surface area contributed by atoms with Crippen LogP contribution in [0, 0.1) is 0 Å². The second-order valence-electron chi connectivity index (χ2n) is 12.4. The number of ether oxygens (including phenoxy) is 6. The number of hydrogen-bond donors (Lipinski definition) is 0. The number of Topliss-reactive ketones (excluding diaryl/α,β-unsaturated/α-hetero) is 1. The van der Waals surface area contributed by atoms with Crippen LogP contribution in [0.4, 0.5) is 0 Å². The Bertz CT molecular complexity index is 1870. The molecule has 1 spiro atoms. The Balaban J connectivity index is 1.31. The van der Waals surface area contributed by atoms with Gasteiger partial charge in [-0.05, 0) is 16.7 Å². The van der Waals surface area contributed by atoms with Gasteiger partial charge in [-0.2, -0.15) is 0 Å². The minimum atomic E-state index is -1.43. The van der Waals surface area contributed by atoms with Crippen molar-refractivity contribution in [3.05, 3.63) is 184 Å². The van der Waals surface area contributed by atoms with Crippen LogP contribution in [0.1, 0.15) is 32.6 Å². The Hall–Kier alpha value is -4.54. The number of methoxy groups -OCH3 is 1. The van der Waals surface area contributed by atoms with E-state index in [0.29, 0.717) is 29.4 Å². The zero-order valence-corrected chi connectivity index (χ0v) is 29.2. The minimum Gasteiger partial charge on any atom is -0.456 e. The van der Waals surface area contributed by atoms with Crippen LogP contribution >= 0.6 is 11.8 Å². The summed E-state index contributed by atoms with van der Waals surface area (Å²) >= 11 is 1.39. The fraction of sp³-hybridized carbons (Fsp3) is 0.233. The van der Waals surface area contributed by atoms with Gasteiger partial charge in [0, 0.05) is 18.2 Å². The lowest BCUT2D eigenvalue weighted by atomic mass is 9.94. The number of carbonyl (C=O) groups excluding carboxylic acids is 1. The van der Waals surface area contributed by atoms with E-state index >= 15 is 0 Å². The molecule has 0 aromatic heterocycles. The summed E-state index contributed by atoms with van der Waals surface area (Å²) < 4.78 is 40.3. The largest absolute Gasteiger partial charge is 0.456 e. The zero-order chi connectivity index (χ0) is 34.9. The SMILES string of the molecule is CO[C@H]1O[C@]2(CSC(C(=O)c3ccccc3)=C(c3ccccc3)O2)[C@H](OCc2ccccc2)[C@H](OCc2ccccc2)[C@H]1OCc1ccccc1. The van der Waals surface area contributed by atoms with Gasteiger partial charge in [-0.1, -0.05) is 152 Å². The normalized spacial score (nSPS) is 23.2. The smallest absolute Gasteiger partial charge is 0.251 e. The van der Waals surface area contributed by atoms with Gasteiger partial charge in [-0.15, -0.1) is 11.8 Å². The average Bonchev–Trinajstić information content (AvgIpc) is 3.20. The summed E-state index contributed by atoms with van der Waals surface area (Å²) in [5.74, 6) is -0.919. The zero-order valence-electron chi connectivity index (χ0n) is 28.3. The molecule has 1 saturated heterocycles. The lowest BCUT2D eigenvalue weighted by Gasteiger charge is -2.52. The lowest BCUT2D eigenvalue weighted by Crippen LogP contribution is -2.69. The number of ketones is 1. The Morgan fingerprint density at radius 1 is 0.647 bits per heavy atom. The third-order valence-electron chi connectivity index (χ3n) is 8.89. The molecule has 2 heterocycles. The van der Waals surface area contributed by atoms with Gasteiger partial charge in [0.1, 0.15) is 18.0 Å². The van der Waals surface area contributed by atoms with Gasteiger partial charge in [-0.25, -0.2) is 0 Å². The van der Waals surface area contributed by atoms with Crippen LogP contribution in [-0.2, 0) is 48.2 Å². The summed E-state index contributed by atoms with van der Waals surface area (Å²) in [7, 11) is 1.59. The molecule has 0 N–H and O–H groups in total. The molecule has 260 valence electrons. The van der Waals surface area contributed by atoms with Gasteiger partial charge in [0.15, 0.2) is 12.4 Å². The van der Waals surface area contributed by atoms with Crippen LogP contribution in [0.3, 0.4) is 0 Å². The van der Waals surface area contributed by atoms with Gasteiger partial charge in [0.05, 0.1) is 30.5 Å². The van der Waals surface area contributed by atoms with Crippen molar-refractivity contribution < 1.29 is 33.2 Å². The average molecular weight is 701 g/mol. The summed E-state index contributed by atoms with van der Waals surface area (Å²) in [5.41, 5.74) is 4.29. The Morgan fingerprint density at radius 2 is 1.12 bits per heavy atom. The van der Waals surface area contributed by atoms with E-state index in [1.807, 2.05) is 152 Å². The molecule has 0 bridgehead atoms. The molecule has 0 saturated carbocycles. The first-order valence-electron chi connectivity index (χ1n) is 17.0. The molecule has 0 radical (unpaired) electrons. The third kappa shape index (κ3) is 8.18. The number of thioether (sulfide) groups is 1. The van der Waals surface area contributed by atoms with Crippen molar-refractivity contribution in [2.75, 3.05) is 12.9 Å². The number of rotatable bonds is 13. The maximum atomic E-state index is 14.1. The highest BCUT2D eigenvalue weighted by atomic mass is 32.2. The fourth-order valence-corrected chi connectivity index (χ4v) is 7.49. The second-order valence-corrected chi connectivity index (χ2v) is 13.4. The van der Waals surface area contributed by atoms with E-state index in [9.17, 15) is 4.79 Å². The van der Waals surface area contributed by atoms with Gasteiger partial charge in [-0.3, -0.25) is 4.79 Å². The van der Waals surface area contributed by atoms with Crippen LogP contribution in [0.15, 0.2) is 157 Å². The van der Waals surface area contributed by atoms with E-state index in [0.717, 1.165) is 22.3 Å². The van der Waals surface area contributed by atoms with Crippen molar-refractivity contribution in [2.24, 2.45) is 0 Å². The van der Waals surface area contributed by atoms with Crippen molar-refractivity contribution >= 4 is 23.3 Å². The molecule has 1 fully saturated rings. The van der Waals surface area contributed by atoms with Crippen LogP contribution in [0.2, 0.25) is 0 Å². The summed E-state index contributed by atoms with van der Waals surface area (Å²) in [4.78, 5) is 14.6. The van der Waals surface area contributed by atoms with Crippen molar-refractivity contribution in [2.45, 2.75) is 50.2 Å². The number of hydrogen-bond acceptors (Lipinski definition) is 8. The summed E-state index contributed by atoms with van der Waals surface area (Å²) in [6.07, 6.45) is -3.11. The van der Waals surface area contributed by atoms with Crippen molar-refractivity contribution in [3.8, 4) is 0 Å².